The minimum absolute atomic E-state index is 0.0918. The smallest absolute Gasteiger partial charge is 0.271 e. The highest BCUT2D eigenvalue weighted by Gasteiger charge is 2.22. The standard InChI is InChI=1S/C13H18N4O2/c1-9-7-15-12(8-14-9)13(19)16-11-3-5-17(6-4-11)10(2)18/h7-8,11H,3-6H2,1-2H3,(H,16,19). The molecule has 0 unspecified atom stereocenters. The first-order chi connectivity index (χ1) is 9.06. The molecule has 102 valence electrons. The van der Waals surface area contributed by atoms with Gasteiger partial charge in [0.25, 0.3) is 5.91 Å². The van der Waals surface area contributed by atoms with Gasteiger partial charge in [0.1, 0.15) is 5.69 Å². The molecule has 1 fully saturated rings. The van der Waals surface area contributed by atoms with E-state index in [0.717, 1.165) is 18.5 Å². The van der Waals surface area contributed by atoms with E-state index in [2.05, 4.69) is 15.3 Å². The second-order valence-corrected chi connectivity index (χ2v) is 4.80. The molecule has 1 aliphatic rings. The number of aryl methyl sites for hydroxylation is 1. The Morgan fingerprint density at radius 3 is 2.47 bits per heavy atom. The van der Waals surface area contributed by atoms with Gasteiger partial charge in [0.2, 0.25) is 5.91 Å². The fraction of sp³-hybridized carbons (Fsp3) is 0.538. The molecule has 2 rings (SSSR count). The van der Waals surface area contributed by atoms with Crippen LogP contribution in [0.1, 0.15) is 35.9 Å². The molecule has 0 saturated carbocycles. The van der Waals surface area contributed by atoms with E-state index in [-0.39, 0.29) is 17.9 Å². The zero-order chi connectivity index (χ0) is 13.8. The SMILES string of the molecule is CC(=O)N1CCC(NC(=O)c2cnc(C)cn2)CC1. The van der Waals surface area contributed by atoms with Crippen molar-refractivity contribution in [2.45, 2.75) is 32.7 Å². The average Bonchev–Trinajstić information content (AvgIpc) is 2.40. The number of likely N-dealkylation sites (tertiary alicyclic amines) is 1. The summed E-state index contributed by atoms with van der Waals surface area (Å²) in [6, 6.07) is 0.103. The van der Waals surface area contributed by atoms with Crippen LogP contribution in [0.2, 0.25) is 0 Å². The Labute approximate surface area is 112 Å². The summed E-state index contributed by atoms with van der Waals surface area (Å²) in [6.07, 6.45) is 4.62. The van der Waals surface area contributed by atoms with E-state index in [4.69, 9.17) is 0 Å². The molecule has 0 spiro atoms. The summed E-state index contributed by atoms with van der Waals surface area (Å²) in [5.41, 5.74) is 1.12. The fourth-order valence-electron chi connectivity index (χ4n) is 2.11. The van der Waals surface area contributed by atoms with Crippen LogP contribution in [0.25, 0.3) is 0 Å². The van der Waals surface area contributed by atoms with E-state index >= 15 is 0 Å². The summed E-state index contributed by atoms with van der Waals surface area (Å²) in [5.74, 6) is -0.108. The first-order valence-electron chi connectivity index (χ1n) is 6.41. The summed E-state index contributed by atoms with van der Waals surface area (Å²) >= 11 is 0. The molecular formula is C13H18N4O2. The lowest BCUT2D eigenvalue weighted by molar-refractivity contribution is -0.129. The Morgan fingerprint density at radius 2 is 1.95 bits per heavy atom. The minimum atomic E-state index is -0.200. The van der Waals surface area contributed by atoms with Gasteiger partial charge in [-0.25, -0.2) is 4.98 Å². The van der Waals surface area contributed by atoms with E-state index < -0.39 is 0 Å². The Morgan fingerprint density at radius 1 is 1.26 bits per heavy atom. The Bertz CT molecular complexity index is 464. The van der Waals surface area contributed by atoms with Gasteiger partial charge < -0.3 is 10.2 Å². The largest absolute Gasteiger partial charge is 0.348 e. The molecule has 6 nitrogen and oxygen atoms in total. The van der Waals surface area contributed by atoms with Crippen molar-refractivity contribution in [1.82, 2.24) is 20.2 Å². The molecule has 19 heavy (non-hydrogen) atoms. The van der Waals surface area contributed by atoms with Crippen molar-refractivity contribution in [2.75, 3.05) is 13.1 Å². The Hall–Kier alpha value is -1.98. The summed E-state index contributed by atoms with van der Waals surface area (Å²) in [6.45, 7) is 4.78. The molecule has 6 heteroatoms. The molecule has 2 heterocycles. The zero-order valence-corrected chi connectivity index (χ0v) is 11.2. The monoisotopic (exact) mass is 262 g/mol. The molecule has 1 saturated heterocycles. The molecule has 1 aromatic heterocycles. The quantitative estimate of drug-likeness (QED) is 0.843. The van der Waals surface area contributed by atoms with E-state index in [0.29, 0.717) is 18.8 Å². The topological polar surface area (TPSA) is 75.2 Å². The van der Waals surface area contributed by atoms with Gasteiger partial charge in [-0.05, 0) is 19.8 Å². The van der Waals surface area contributed by atoms with Gasteiger partial charge in [-0.1, -0.05) is 0 Å². The first-order valence-corrected chi connectivity index (χ1v) is 6.41. The third-order valence-corrected chi connectivity index (χ3v) is 3.29. The number of carbonyl (C=O) groups excluding carboxylic acids is 2. The number of hydrogen-bond donors (Lipinski definition) is 1. The lowest BCUT2D eigenvalue weighted by atomic mass is 10.0. The predicted octanol–water partition coefficient (Wildman–Crippen LogP) is 0.526. The van der Waals surface area contributed by atoms with E-state index in [9.17, 15) is 9.59 Å². The second-order valence-electron chi connectivity index (χ2n) is 4.80. The molecule has 0 aliphatic carbocycles. The zero-order valence-electron chi connectivity index (χ0n) is 11.2. The van der Waals surface area contributed by atoms with Gasteiger partial charge in [-0.2, -0.15) is 0 Å². The van der Waals surface area contributed by atoms with E-state index in [1.54, 1.807) is 18.0 Å². The summed E-state index contributed by atoms with van der Waals surface area (Å²) in [5, 5.41) is 2.93. The molecule has 0 atom stereocenters. The van der Waals surface area contributed by atoms with Crippen LogP contribution in [0.4, 0.5) is 0 Å². The molecule has 2 amide bonds. The molecule has 0 bridgehead atoms. The van der Waals surface area contributed by atoms with Crippen LogP contribution in [0.5, 0.6) is 0 Å². The number of aromatic nitrogens is 2. The lowest BCUT2D eigenvalue weighted by Gasteiger charge is -2.31. The second kappa shape index (κ2) is 5.77. The number of nitrogens with one attached hydrogen (secondary N) is 1. The van der Waals surface area contributed by atoms with Gasteiger partial charge in [0, 0.05) is 32.3 Å². The summed E-state index contributed by atoms with van der Waals surface area (Å²) < 4.78 is 0. The van der Waals surface area contributed by atoms with Crippen LogP contribution in [0.15, 0.2) is 12.4 Å². The Kier molecular flexibility index (Phi) is 4.09. The van der Waals surface area contributed by atoms with Crippen molar-refractivity contribution in [1.29, 1.82) is 0 Å². The number of amides is 2. The normalized spacial score (nSPS) is 16.2. The van der Waals surface area contributed by atoms with Gasteiger partial charge in [-0.15, -0.1) is 0 Å². The van der Waals surface area contributed by atoms with Crippen molar-refractivity contribution in [2.24, 2.45) is 0 Å². The van der Waals surface area contributed by atoms with Crippen LogP contribution in [-0.4, -0.2) is 45.8 Å². The number of nitrogens with zero attached hydrogens (tertiary/aromatic N) is 3. The Balaban J connectivity index is 1.87. The molecule has 0 radical (unpaired) electrons. The van der Waals surface area contributed by atoms with Crippen LogP contribution in [0.3, 0.4) is 0 Å². The summed E-state index contributed by atoms with van der Waals surface area (Å²) in [7, 11) is 0. The molecular weight excluding hydrogens is 244 g/mol. The molecule has 0 aromatic carbocycles. The predicted molar refractivity (Wildman–Crippen MR) is 69.5 cm³/mol. The minimum Gasteiger partial charge on any atom is -0.348 e. The van der Waals surface area contributed by atoms with E-state index in [1.807, 2.05) is 6.92 Å². The van der Waals surface area contributed by atoms with Crippen LogP contribution in [-0.2, 0) is 4.79 Å². The maximum Gasteiger partial charge on any atom is 0.271 e. The van der Waals surface area contributed by atoms with Crippen molar-refractivity contribution >= 4 is 11.8 Å². The lowest BCUT2D eigenvalue weighted by Crippen LogP contribution is -2.46. The van der Waals surface area contributed by atoms with Crippen molar-refractivity contribution in [3.05, 3.63) is 23.8 Å². The third kappa shape index (κ3) is 3.49. The highest BCUT2D eigenvalue weighted by molar-refractivity contribution is 5.92. The highest BCUT2D eigenvalue weighted by atomic mass is 16.2. The van der Waals surface area contributed by atoms with Crippen molar-refractivity contribution < 1.29 is 9.59 Å². The van der Waals surface area contributed by atoms with Crippen LogP contribution < -0.4 is 5.32 Å². The van der Waals surface area contributed by atoms with Crippen LogP contribution >= 0.6 is 0 Å². The van der Waals surface area contributed by atoms with Gasteiger partial charge in [0.15, 0.2) is 0 Å². The third-order valence-electron chi connectivity index (χ3n) is 3.29. The average molecular weight is 262 g/mol. The molecule has 1 aliphatic heterocycles. The maximum absolute atomic E-state index is 11.9. The van der Waals surface area contributed by atoms with E-state index in [1.165, 1.54) is 6.20 Å². The van der Waals surface area contributed by atoms with Crippen molar-refractivity contribution in [3.63, 3.8) is 0 Å². The number of rotatable bonds is 2. The fourth-order valence-corrected chi connectivity index (χ4v) is 2.11. The van der Waals surface area contributed by atoms with Gasteiger partial charge >= 0.3 is 0 Å². The highest BCUT2D eigenvalue weighted by Crippen LogP contribution is 2.10. The van der Waals surface area contributed by atoms with Crippen molar-refractivity contribution in [3.8, 4) is 0 Å². The van der Waals surface area contributed by atoms with Gasteiger partial charge in [-0.3, -0.25) is 14.6 Å². The number of carbonyl (C=O) groups is 2. The maximum atomic E-state index is 11.9. The first kappa shape index (κ1) is 13.5. The number of hydrogen-bond acceptors (Lipinski definition) is 4. The number of piperidine rings is 1. The molecule has 1 N–H and O–H groups in total. The van der Waals surface area contributed by atoms with Gasteiger partial charge in [0.05, 0.1) is 11.9 Å². The summed E-state index contributed by atoms with van der Waals surface area (Å²) in [4.78, 5) is 33.0. The van der Waals surface area contributed by atoms with Crippen LogP contribution in [0, 0.1) is 6.92 Å². The molecule has 1 aromatic rings.